The van der Waals surface area contributed by atoms with E-state index in [1.54, 1.807) is 19.2 Å². The molecule has 0 N–H and O–H groups in total. The smallest absolute Gasteiger partial charge is 0.246 e. The molecule has 4 rings (SSSR count). The van der Waals surface area contributed by atoms with Crippen molar-refractivity contribution in [3.63, 3.8) is 0 Å². The monoisotopic (exact) mass is 340 g/mol. The van der Waals surface area contributed by atoms with Gasteiger partial charge in [0.2, 0.25) is 5.91 Å². The van der Waals surface area contributed by atoms with Crippen molar-refractivity contribution in [2.24, 2.45) is 22.9 Å². The number of nitrogens with zero attached hydrogens (tertiary/aromatic N) is 2. The summed E-state index contributed by atoms with van der Waals surface area (Å²) in [5.74, 6) is 2.35. The van der Waals surface area contributed by atoms with Crippen LogP contribution in [0.4, 0.5) is 0 Å². The maximum Gasteiger partial charge on any atom is 0.246 e. The van der Waals surface area contributed by atoms with Crippen molar-refractivity contribution >= 4 is 11.6 Å². The van der Waals surface area contributed by atoms with Crippen LogP contribution < -0.4 is 9.47 Å². The van der Waals surface area contributed by atoms with E-state index in [9.17, 15) is 4.79 Å². The summed E-state index contributed by atoms with van der Waals surface area (Å²) in [5.41, 5.74) is 2.01. The van der Waals surface area contributed by atoms with Gasteiger partial charge in [0.05, 0.1) is 25.8 Å². The summed E-state index contributed by atoms with van der Waals surface area (Å²) in [7, 11) is 3.27. The first-order chi connectivity index (χ1) is 12.2. The van der Waals surface area contributed by atoms with Gasteiger partial charge >= 0.3 is 0 Å². The first-order valence-electron chi connectivity index (χ1n) is 8.98. The molecule has 5 nitrogen and oxygen atoms in total. The number of hydrogen-bond acceptors (Lipinski definition) is 4. The molecule has 1 aromatic carbocycles. The molecule has 1 aliphatic heterocycles. The molecule has 1 amide bonds. The van der Waals surface area contributed by atoms with Crippen LogP contribution in [-0.4, -0.2) is 37.4 Å². The van der Waals surface area contributed by atoms with Crippen LogP contribution in [0.5, 0.6) is 11.5 Å². The van der Waals surface area contributed by atoms with Gasteiger partial charge in [-0.15, -0.1) is 0 Å². The van der Waals surface area contributed by atoms with Gasteiger partial charge in [-0.2, -0.15) is 5.10 Å². The zero-order valence-electron chi connectivity index (χ0n) is 14.8. The highest BCUT2D eigenvalue weighted by Gasteiger charge is 2.41. The molecule has 25 heavy (non-hydrogen) atoms. The minimum absolute atomic E-state index is 0.00402. The maximum absolute atomic E-state index is 12.9. The van der Waals surface area contributed by atoms with Gasteiger partial charge in [-0.25, -0.2) is 5.01 Å². The minimum atomic E-state index is 0.00402. The number of methoxy groups -OCH3 is 2. The number of carbonyl (C=O) groups is 1. The number of hydrazone groups is 1. The molecule has 0 unspecified atom stereocenters. The highest BCUT2D eigenvalue weighted by molar-refractivity contribution is 6.07. The van der Waals surface area contributed by atoms with Crippen molar-refractivity contribution in [2.45, 2.75) is 25.7 Å². The molecule has 2 atom stereocenters. The van der Waals surface area contributed by atoms with Gasteiger partial charge in [0, 0.05) is 18.0 Å². The summed E-state index contributed by atoms with van der Waals surface area (Å²) < 4.78 is 10.8. The molecule has 0 aromatic heterocycles. The quantitative estimate of drug-likeness (QED) is 0.773. The third-order valence-electron chi connectivity index (χ3n) is 5.39. The van der Waals surface area contributed by atoms with Crippen LogP contribution in [0.2, 0.25) is 0 Å². The van der Waals surface area contributed by atoms with Gasteiger partial charge in [-0.1, -0.05) is 12.2 Å². The molecule has 5 heteroatoms. The van der Waals surface area contributed by atoms with E-state index >= 15 is 0 Å². The van der Waals surface area contributed by atoms with Gasteiger partial charge in [0.15, 0.2) is 11.5 Å². The van der Waals surface area contributed by atoms with Gasteiger partial charge in [-0.3, -0.25) is 4.79 Å². The van der Waals surface area contributed by atoms with Crippen LogP contribution in [0.1, 0.15) is 31.2 Å². The second-order valence-electron chi connectivity index (χ2n) is 7.07. The number of carbonyl (C=O) groups excluding carboxylic acids is 1. The second-order valence-corrected chi connectivity index (χ2v) is 7.07. The third-order valence-corrected chi connectivity index (χ3v) is 5.39. The van der Waals surface area contributed by atoms with Gasteiger partial charge < -0.3 is 9.47 Å². The number of benzene rings is 1. The van der Waals surface area contributed by atoms with E-state index in [2.05, 4.69) is 12.2 Å². The lowest BCUT2D eigenvalue weighted by molar-refractivity contribution is -0.138. The number of fused-ring (bicyclic) bond motifs is 1. The van der Waals surface area contributed by atoms with Crippen molar-refractivity contribution in [3.8, 4) is 11.5 Å². The van der Waals surface area contributed by atoms with Gasteiger partial charge in [0.1, 0.15) is 0 Å². The number of ether oxygens (including phenoxy) is 2. The summed E-state index contributed by atoms with van der Waals surface area (Å²) in [6.07, 6.45) is 8.38. The molecule has 0 saturated heterocycles. The normalized spacial score (nSPS) is 25.4. The molecule has 0 bridgehead atoms. The van der Waals surface area contributed by atoms with Crippen molar-refractivity contribution in [2.75, 3.05) is 20.8 Å². The fourth-order valence-electron chi connectivity index (χ4n) is 3.78. The summed E-state index contributed by atoms with van der Waals surface area (Å²) >= 11 is 0. The number of hydrogen-bond donors (Lipinski definition) is 0. The standard InChI is InChI=1S/C20H24N2O3/c1-24-17-10-9-14(11-18(17)25-2)19-15-5-3-4-6-16(15)20(23)22(21-19)12-13-7-8-13/h3-4,9-11,13,15-16H,5-8,12H2,1-2H3/t15-,16+/m1/s1. The van der Waals surface area contributed by atoms with E-state index in [4.69, 9.17) is 14.6 Å². The summed E-state index contributed by atoms with van der Waals surface area (Å²) in [4.78, 5) is 12.9. The lowest BCUT2D eigenvalue weighted by atomic mass is 9.76. The summed E-state index contributed by atoms with van der Waals surface area (Å²) in [5, 5.41) is 6.52. The SMILES string of the molecule is COc1ccc(C2=NN(CC3CC3)C(=O)[C@H]3CC=CC[C@@H]23)cc1OC. The third kappa shape index (κ3) is 3.03. The molecular weight excluding hydrogens is 316 g/mol. The average molecular weight is 340 g/mol. The summed E-state index contributed by atoms with van der Waals surface area (Å²) in [6, 6.07) is 5.89. The van der Waals surface area contributed by atoms with Crippen LogP contribution in [0.3, 0.4) is 0 Å². The largest absolute Gasteiger partial charge is 0.493 e. The molecule has 1 fully saturated rings. The van der Waals surface area contributed by atoms with E-state index in [1.165, 1.54) is 12.8 Å². The fraction of sp³-hybridized carbons (Fsp3) is 0.500. The number of amides is 1. The van der Waals surface area contributed by atoms with Crippen LogP contribution >= 0.6 is 0 Å². The molecule has 1 saturated carbocycles. The van der Waals surface area contributed by atoms with Crippen LogP contribution in [0.15, 0.2) is 35.5 Å². The lowest BCUT2D eigenvalue weighted by Crippen LogP contribution is -2.46. The van der Waals surface area contributed by atoms with E-state index in [0.717, 1.165) is 30.7 Å². The Bertz CT molecular complexity index is 736. The average Bonchev–Trinajstić information content (AvgIpc) is 3.47. The first kappa shape index (κ1) is 16.2. The zero-order valence-corrected chi connectivity index (χ0v) is 14.8. The number of allylic oxidation sites excluding steroid dienone is 2. The Morgan fingerprint density at radius 2 is 1.80 bits per heavy atom. The number of rotatable bonds is 5. The summed E-state index contributed by atoms with van der Waals surface area (Å²) in [6.45, 7) is 0.753. The predicted molar refractivity (Wildman–Crippen MR) is 95.9 cm³/mol. The highest BCUT2D eigenvalue weighted by Crippen LogP contribution is 2.38. The molecule has 132 valence electrons. The Morgan fingerprint density at radius 3 is 2.48 bits per heavy atom. The maximum atomic E-state index is 12.9. The van der Waals surface area contributed by atoms with Crippen LogP contribution in [-0.2, 0) is 4.79 Å². The van der Waals surface area contributed by atoms with Gasteiger partial charge in [0.25, 0.3) is 0 Å². The van der Waals surface area contributed by atoms with Crippen molar-refractivity contribution in [3.05, 3.63) is 35.9 Å². The predicted octanol–water partition coefficient (Wildman–Crippen LogP) is 3.24. The van der Waals surface area contributed by atoms with Crippen molar-refractivity contribution < 1.29 is 14.3 Å². The Hall–Kier alpha value is -2.30. The van der Waals surface area contributed by atoms with Gasteiger partial charge in [-0.05, 0) is 49.8 Å². The Labute approximate surface area is 148 Å². The fourth-order valence-corrected chi connectivity index (χ4v) is 3.78. The van der Waals surface area contributed by atoms with Crippen LogP contribution in [0, 0.1) is 17.8 Å². The molecular formula is C20H24N2O3. The van der Waals surface area contributed by atoms with E-state index in [0.29, 0.717) is 17.4 Å². The van der Waals surface area contributed by atoms with E-state index in [1.807, 2.05) is 18.2 Å². The molecule has 3 aliphatic rings. The van der Waals surface area contributed by atoms with Crippen molar-refractivity contribution in [1.82, 2.24) is 5.01 Å². The Kier molecular flexibility index (Phi) is 4.24. The molecule has 2 aliphatic carbocycles. The topological polar surface area (TPSA) is 51.1 Å². The molecule has 1 heterocycles. The van der Waals surface area contributed by atoms with E-state index in [-0.39, 0.29) is 17.7 Å². The molecule has 0 spiro atoms. The zero-order chi connectivity index (χ0) is 17.4. The van der Waals surface area contributed by atoms with E-state index < -0.39 is 0 Å². The minimum Gasteiger partial charge on any atom is -0.493 e. The lowest BCUT2D eigenvalue weighted by Gasteiger charge is -2.37. The highest BCUT2D eigenvalue weighted by atomic mass is 16.5. The van der Waals surface area contributed by atoms with Crippen molar-refractivity contribution in [1.29, 1.82) is 0 Å². The second kappa shape index (κ2) is 6.54. The van der Waals surface area contributed by atoms with Crippen LogP contribution in [0.25, 0.3) is 0 Å². The molecule has 1 aromatic rings. The molecule has 0 radical (unpaired) electrons. The Morgan fingerprint density at radius 1 is 1.08 bits per heavy atom. The Balaban J connectivity index is 1.73. The first-order valence-corrected chi connectivity index (χ1v) is 8.98.